The number of amides is 1. The number of carbonyl (C=O) groups is 1. The van der Waals surface area contributed by atoms with E-state index in [2.05, 4.69) is 36.7 Å². The third kappa shape index (κ3) is 3.83. The third-order valence-electron chi connectivity index (χ3n) is 7.15. The summed E-state index contributed by atoms with van der Waals surface area (Å²) >= 11 is 0. The van der Waals surface area contributed by atoms with Crippen LogP contribution >= 0.6 is 0 Å². The van der Waals surface area contributed by atoms with Crippen LogP contribution in [-0.4, -0.2) is 92.2 Å². The highest BCUT2D eigenvalue weighted by Gasteiger charge is 2.45. The number of aromatic amines is 1. The number of rotatable bonds is 4. The Kier molecular flexibility index (Phi) is 5.24. The third-order valence-corrected chi connectivity index (χ3v) is 7.15. The van der Waals surface area contributed by atoms with Gasteiger partial charge in [-0.3, -0.25) is 4.79 Å². The highest BCUT2D eigenvalue weighted by Crippen LogP contribution is 2.41. The van der Waals surface area contributed by atoms with Crippen LogP contribution in [0, 0.1) is 0 Å². The van der Waals surface area contributed by atoms with E-state index < -0.39 is 0 Å². The molecular formula is C23H28N10O2. The van der Waals surface area contributed by atoms with Gasteiger partial charge in [-0.25, -0.2) is 19.9 Å². The van der Waals surface area contributed by atoms with Crippen LogP contribution in [0.3, 0.4) is 0 Å². The number of nitrogens with one attached hydrogen (secondary N) is 1. The average molecular weight is 477 g/mol. The number of nitrogens with two attached hydrogens (primary N) is 1. The first-order valence-electron chi connectivity index (χ1n) is 11.9. The topological polar surface area (TPSA) is 142 Å². The maximum atomic E-state index is 12.9. The van der Waals surface area contributed by atoms with Crippen LogP contribution in [-0.2, 0) is 11.2 Å². The lowest BCUT2D eigenvalue weighted by Gasteiger charge is -2.37. The van der Waals surface area contributed by atoms with Crippen LogP contribution < -0.4 is 15.5 Å². The summed E-state index contributed by atoms with van der Waals surface area (Å²) in [4.78, 5) is 44.8. The molecule has 3 aromatic heterocycles. The summed E-state index contributed by atoms with van der Waals surface area (Å²) in [7, 11) is 0. The molecule has 1 atom stereocenters. The first-order chi connectivity index (χ1) is 17.0. The van der Waals surface area contributed by atoms with E-state index in [-0.39, 0.29) is 17.4 Å². The minimum atomic E-state index is -0.251. The zero-order valence-corrected chi connectivity index (χ0v) is 19.6. The lowest BCUT2D eigenvalue weighted by Crippen LogP contribution is -2.49. The number of nitrogens with zero attached hydrogens (tertiary/aromatic N) is 8. The standard InChI is InChI=1S/C23H28N10O2/c1-23(3-7-32(14-23)20(34)18-25-4-5-26-18)33-6-2-16-17(15-12-27-21(24)28-13-15)29-22(30-19(16)33)31-8-10-35-11-9-31/h4-5,12-13H,2-3,6-11,14H2,1H3,(H,25,26)(H2,24,27,28)/t23-/m0/s1. The minimum Gasteiger partial charge on any atom is -0.378 e. The van der Waals surface area contributed by atoms with Crippen molar-refractivity contribution in [1.29, 1.82) is 0 Å². The Morgan fingerprint density at radius 3 is 2.66 bits per heavy atom. The van der Waals surface area contributed by atoms with Gasteiger partial charge in [0.05, 0.1) is 24.4 Å². The van der Waals surface area contributed by atoms with Crippen LogP contribution in [0.4, 0.5) is 17.7 Å². The molecule has 2 saturated heterocycles. The highest BCUT2D eigenvalue weighted by atomic mass is 16.5. The fourth-order valence-corrected chi connectivity index (χ4v) is 5.24. The van der Waals surface area contributed by atoms with Gasteiger partial charge >= 0.3 is 0 Å². The quantitative estimate of drug-likeness (QED) is 0.554. The van der Waals surface area contributed by atoms with E-state index in [0.29, 0.717) is 38.1 Å². The Morgan fingerprint density at radius 2 is 1.91 bits per heavy atom. The van der Waals surface area contributed by atoms with Crippen molar-refractivity contribution in [1.82, 2.24) is 34.8 Å². The maximum Gasteiger partial charge on any atom is 0.289 e. The molecule has 12 nitrogen and oxygen atoms in total. The molecule has 3 aromatic rings. The molecule has 0 aliphatic carbocycles. The smallest absolute Gasteiger partial charge is 0.289 e. The summed E-state index contributed by atoms with van der Waals surface area (Å²) in [6, 6.07) is 0. The van der Waals surface area contributed by atoms with Gasteiger partial charge in [0.1, 0.15) is 5.82 Å². The van der Waals surface area contributed by atoms with Crippen molar-refractivity contribution in [2.75, 3.05) is 61.5 Å². The SMILES string of the molecule is C[C@]1(N2CCc3c(-c4cnc(N)nc4)nc(N4CCOCC4)nc32)CCN(C(=O)c2ncc[nH]2)C1. The predicted octanol–water partition coefficient (Wildman–Crippen LogP) is 0.743. The maximum absolute atomic E-state index is 12.9. The van der Waals surface area contributed by atoms with Gasteiger partial charge < -0.3 is 30.2 Å². The monoisotopic (exact) mass is 476 g/mol. The highest BCUT2D eigenvalue weighted by molar-refractivity contribution is 5.91. The number of fused-ring (bicyclic) bond motifs is 1. The number of morpholine rings is 1. The van der Waals surface area contributed by atoms with Crippen LogP contribution in [0.25, 0.3) is 11.3 Å². The van der Waals surface area contributed by atoms with Crippen molar-refractivity contribution >= 4 is 23.6 Å². The minimum absolute atomic E-state index is 0.0745. The van der Waals surface area contributed by atoms with Crippen molar-refractivity contribution in [2.45, 2.75) is 25.3 Å². The van der Waals surface area contributed by atoms with Crippen LogP contribution in [0.15, 0.2) is 24.8 Å². The van der Waals surface area contributed by atoms with Gasteiger partial charge in [0.25, 0.3) is 5.91 Å². The van der Waals surface area contributed by atoms with Gasteiger partial charge in [-0.15, -0.1) is 0 Å². The fraction of sp³-hybridized carbons (Fsp3) is 0.478. The number of hydrogen-bond acceptors (Lipinski definition) is 10. The van der Waals surface area contributed by atoms with Crippen LogP contribution in [0.5, 0.6) is 0 Å². The van der Waals surface area contributed by atoms with E-state index in [9.17, 15) is 4.79 Å². The first-order valence-corrected chi connectivity index (χ1v) is 11.9. The van der Waals surface area contributed by atoms with Crippen LogP contribution in [0.2, 0.25) is 0 Å². The number of hydrogen-bond donors (Lipinski definition) is 2. The summed E-state index contributed by atoms with van der Waals surface area (Å²) in [5.74, 6) is 2.13. The van der Waals surface area contributed by atoms with E-state index in [4.69, 9.17) is 20.4 Å². The van der Waals surface area contributed by atoms with Crippen LogP contribution in [0.1, 0.15) is 29.5 Å². The number of anilines is 3. The van der Waals surface area contributed by atoms with E-state index in [1.165, 1.54) is 0 Å². The molecule has 0 unspecified atom stereocenters. The number of aromatic nitrogens is 6. The van der Waals surface area contributed by atoms with E-state index in [0.717, 1.165) is 55.1 Å². The zero-order chi connectivity index (χ0) is 24.0. The first kappa shape index (κ1) is 21.7. The van der Waals surface area contributed by atoms with E-state index in [1.807, 2.05) is 4.90 Å². The molecule has 1 amide bonds. The molecular weight excluding hydrogens is 448 g/mol. The molecule has 0 saturated carbocycles. The molecule has 0 bridgehead atoms. The molecule has 3 N–H and O–H groups in total. The fourth-order valence-electron chi connectivity index (χ4n) is 5.24. The number of H-pyrrole nitrogens is 1. The van der Waals surface area contributed by atoms with Gasteiger partial charge in [-0.05, 0) is 19.8 Å². The Bertz CT molecular complexity index is 1230. The van der Waals surface area contributed by atoms with Gasteiger partial charge in [0.2, 0.25) is 11.9 Å². The molecule has 3 aliphatic heterocycles. The molecule has 6 rings (SSSR count). The number of carbonyl (C=O) groups excluding carboxylic acids is 1. The zero-order valence-electron chi connectivity index (χ0n) is 19.6. The second-order valence-electron chi connectivity index (χ2n) is 9.42. The summed E-state index contributed by atoms with van der Waals surface area (Å²) in [6.45, 7) is 7.04. The molecule has 0 spiro atoms. The van der Waals surface area contributed by atoms with E-state index >= 15 is 0 Å². The molecule has 2 fully saturated rings. The lowest BCUT2D eigenvalue weighted by atomic mass is 9.99. The summed E-state index contributed by atoms with van der Waals surface area (Å²) in [5, 5.41) is 0. The lowest BCUT2D eigenvalue weighted by molar-refractivity contribution is 0.0773. The second-order valence-corrected chi connectivity index (χ2v) is 9.42. The molecule has 6 heterocycles. The summed E-state index contributed by atoms with van der Waals surface area (Å²) in [5.41, 5.74) is 8.22. The van der Waals surface area contributed by atoms with Crippen molar-refractivity contribution in [3.63, 3.8) is 0 Å². The molecule has 0 aromatic carbocycles. The van der Waals surface area contributed by atoms with Crippen molar-refractivity contribution in [2.24, 2.45) is 0 Å². The molecule has 182 valence electrons. The number of nitrogen functional groups attached to an aromatic ring is 1. The van der Waals surface area contributed by atoms with E-state index in [1.54, 1.807) is 24.8 Å². The summed E-state index contributed by atoms with van der Waals surface area (Å²) in [6.07, 6.45) is 8.36. The Morgan fingerprint density at radius 1 is 1.11 bits per heavy atom. The normalized spacial score (nSPS) is 22.0. The van der Waals surface area contributed by atoms with Gasteiger partial charge in [0, 0.05) is 68.6 Å². The number of imidazole rings is 1. The number of ether oxygens (including phenoxy) is 1. The molecule has 0 radical (unpaired) electrons. The predicted molar refractivity (Wildman–Crippen MR) is 129 cm³/mol. The van der Waals surface area contributed by atoms with Crippen molar-refractivity contribution < 1.29 is 9.53 Å². The molecule has 3 aliphatic rings. The molecule has 12 heteroatoms. The van der Waals surface area contributed by atoms with Crippen molar-refractivity contribution in [3.8, 4) is 11.3 Å². The van der Waals surface area contributed by atoms with Gasteiger partial charge in [-0.2, -0.15) is 4.98 Å². The number of likely N-dealkylation sites (tertiary alicyclic amines) is 1. The van der Waals surface area contributed by atoms with Gasteiger partial charge in [-0.1, -0.05) is 0 Å². The Balaban J connectivity index is 1.37. The largest absolute Gasteiger partial charge is 0.378 e. The average Bonchev–Trinajstić information content (AvgIpc) is 3.64. The second kappa shape index (κ2) is 8.45. The Hall–Kier alpha value is -3.80. The summed E-state index contributed by atoms with van der Waals surface area (Å²) < 4.78 is 5.54. The Labute approximate surface area is 202 Å². The van der Waals surface area contributed by atoms with Gasteiger partial charge in [0.15, 0.2) is 5.82 Å². The molecule has 35 heavy (non-hydrogen) atoms. The van der Waals surface area contributed by atoms with Crippen molar-refractivity contribution in [3.05, 3.63) is 36.2 Å².